The predicted octanol–water partition coefficient (Wildman–Crippen LogP) is 2.24. The lowest BCUT2D eigenvalue weighted by atomic mass is 10.2. The van der Waals surface area contributed by atoms with Crippen molar-refractivity contribution < 1.29 is 18.0 Å². The van der Waals surface area contributed by atoms with Crippen LogP contribution in [0, 0.1) is 0 Å². The molecule has 27 heavy (non-hydrogen) atoms. The number of hydrogen-bond acceptors (Lipinski definition) is 5. The van der Waals surface area contributed by atoms with Crippen molar-refractivity contribution in [3.63, 3.8) is 0 Å². The minimum absolute atomic E-state index is 0.0205. The highest BCUT2D eigenvalue weighted by Gasteiger charge is 2.28. The summed E-state index contributed by atoms with van der Waals surface area (Å²) in [5.74, 6) is -0.0717. The molecule has 1 atom stereocenters. The van der Waals surface area contributed by atoms with E-state index in [1.54, 1.807) is 6.20 Å². The van der Waals surface area contributed by atoms with Crippen LogP contribution in [0.25, 0.3) is 0 Å². The van der Waals surface area contributed by atoms with E-state index in [4.69, 9.17) is 0 Å². The van der Waals surface area contributed by atoms with Crippen LogP contribution >= 0.6 is 0 Å². The van der Waals surface area contributed by atoms with E-state index >= 15 is 0 Å². The molecule has 0 aromatic rings. The molecule has 0 heterocycles. The highest BCUT2D eigenvalue weighted by molar-refractivity contribution is 5.89. The number of carbonyl (C=O) groups is 1. The van der Waals surface area contributed by atoms with Gasteiger partial charge in [-0.1, -0.05) is 0 Å². The van der Waals surface area contributed by atoms with Gasteiger partial charge in [-0.15, -0.1) is 0 Å². The van der Waals surface area contributed by atoms with Crippen molar-refractivity contribution in [1.29, 1.82) is 0 Å². The van der Waals surface area contributed by atoms with Gasteiger partial charge in [0.1, 0.15) is 0 Å². The summed E-state index contributed by atoms with van der Waals surface area (Å²) in [6, 6.07) is 0.0205. The number of carbonyl (C=O) groups excluding carboxylic acids is 1. The second-order valence-corrected chi connectivity index (χ2v) is 7.04. The molecule has 0 aromatic carbocycles. The van der Waals surface area contributed by atoms with Crippen LogP contribution in [0.2, 0.25) is 0 Å². The van der Waals surface area contributed by atoms with E-state index in [-0.39, 0.29) is 18.4 Å². The lowest BCUT2D eigenvalue weighted by Crippen LogP contribution is -2.35. The van der Waals surface area contributed by atoms with Crippen LogP contribution in [0.3, 0.4) is 0 Å². The minimum atomic E-state index is -4.17. The molecular formula is C18H34F3N5O. The lowest BCUT2D eigenvalue weighted by molar-refractivity contribution is -0.143. The summed E-state index contributed by atoms with van der Waals surface area (Å²) in [5.41, 5.74) is 0.795. The third-order valence-corrected chi connectivity index (χ3v) is 3.62. The quantitative estimate of drug-likeness (QED) is 0.372. The monoisotopic (exact) mass is 393 g/mol. The van der Waals surface area contributed by atoms with Crippen molar-refractivity contribution in [1.82, 2.24) is 20.4 Å². The first-order valence-corrected chi connectivity index (χ1v) is 9.11. The van der Waals surface area contributed by atoms with Gasteiger partial charge in [0.15, 0.2) is 0 Å². The average molecular weight is 393 g/mol. The lowest BCUT2D eigenvalue weighted by Gasteiger charge is -2.21. The predicted molar refractivity (Wildman–Crippen MR) is 104 cm³/mol. The smallest absolute Gasteiger partial charge is 0.385 e. The Hall–Kier alpha value is -1.61. The third-order valence-electron chi connectivity index (χ3n) is 3.62. The largest absolute Gasteiger partial charge is 0.401 e. The van der Waals surface area contributed by atoms with Gasteiger partial charge < -0.3 is 15.5 Å². The fourth-order valence-corrected chi connectivity index (χ4v) is 2.29. The van der Waals surface area contributed by atoms with Gasteiger partial charge in [0.05, 0.1) is 13.0 Å². The van der Waals surface area contributed by atoms with E-state index in [1.165, 1.54) is 18.2 Å². The van der Waals surface area contributed by atoms with Gasteiger partial charge in [-0.25, -0.2) is 0 Å². The molecule has 1 unspecified atom stereocenters. The van der Waals surface area contributed by atoms with Crippen molar-refractivity contribution in [3.8, 4) is 0 Å². The van der Waals surface area contributed by atoms with Gasteiger partial charge in [-0.3, -0.25) is 14.7 Å². The first kappa shape index (κ1) is 25.4. The number of aliphatic imine (C=N–C) groups is 1. The molecule has 0 aliphatic heterocycles. The Morgan fingerprint density at radius 2 is 1.89 bits per heavy atom. The van der Waals surface area contributed by atoms with E-state index in [0.717, 1.165) is 18.7 Å². The van der Waals surface area contributed by atoms with Gasteiger partial charge in [0, 0.05) is 37.2 Å². The summed E-state index contributed by atoms with van der Waals surface area (Å²) in [7, 11) is 5.43. The van der Waals surface area contributed by atoms with Crippen LogP contribution in [0.5, 0.6) is 0 Å². The molecule has 0 rings (SSSR count). The Balaban J connectivity index is 3.99. The van der Waals surface area contributed by atoms with Crippen molar-refractivity contribution in [2.45, 2.75) is 45.3 Å². The highest BCUT2D eigenvalue weighted by Crippen LogP contribution is 2.15. The first-order chi connectivity index (χ1) is 12.5. The van der Waals surface area contributed by atoms with Crippen LogP contribution in [-0.2, 0) is 4.79 Å². The number of alkyl halides is 3. The molecule has 0 radical (unpaired) electrons. The molecule has 1 amide bonds. The van der Waals surface area contributed by atoms with Crippen molar-refractivity contribution >= 4 is 12.1 Å². The fourth-order valence-electron chi connectivity index (χ4n) is 2.29. The molecule has 2 N–H and O–H groups in total. The summed E-state index contributed by atoms with van der Waals surface area (Å²) in [4.78, 5) is 19.0. The molecular weight excluding hydrogens is 359 g/mol. The van der Waals surface area contributed by atoms with E-state index in [9.17, 15) is 18.0 Å². The Kier molecular flexibility index (Phi) is 12.7. The van der Waals surface area contributed by atoms with Crippen LogP contribution < -0.4 is 10.6 Å². The van der Waals surface area contributed by atoms with Gasteiger partial charge in [0.2, 0.25) is 5.91 Å². The number of allylic oxidation sites excluding steroid dienone is 1. The molecule has 0 aliphatic carbocycles. The van der Waals surface area contributed by atoms with Crippen LogP contribution in [0.4, 0.5) is 13.2 Å². The van der Waals surface area contributed by atoms with Crippen LogP contribution in [-0.4, -0.2) is 81.5 Å². The zero-order chi connectivity index (χ0) is 20.9. The summed E-state index contributed by atoms with van der Waals surface area (Å²) >= 11 is 0. The molecule has 158 valence electrons. The van der Waals surface area contributed by atoms with E-state index in [1.807, 2.05) is 27.9 Å². The Labute approximate surface area is 160 Å². The Bertz CT molecular complexity index is 478. The second-order valence-electron chi connectivity index (χ2n) is 7.04. The second kappa shape index (κ2) is 13.5. The molecule has 9 heteroatoms. The first-order valence-electron chi connectivity index (χ1n) is 9.11. The maximum atomic E-state index is 12.3. The standard InChI is InChI=1S/C18H34F3N5O/c1-15(8-12-26(5)14-18(19,20)21)24-16(2)13-22-10-7-17(27)23-9-6-11-25(3)4/h10,13,15,24H,6-9,11-12,14H2,1-5H3,(H,23,27)/b16-13+,22-10-. The number of nitrogens with zero attached hydrogens (tertiary/aromatic N) is 3. The van der Waals surface area contributed by atoms with Crippen LogP contribution in [0.15, 0.2) is 16.9 Å². The molecule has 6 nitrogen and oxygen atoms in total. The maximum absolute atomic E-state index is 12.3. The third kappa shape index (κ3) is 17.6. The van der Waals surface area contributed by atoms with Crippen LogP contribution in [0.1, 0.15) is 33.1 Å². The Morgan fingerprint density at radius 3 is 2.48 bits per heavy atom. The molecule has 0 aliphatic rings. The summed E-state index contributed by atoms with van der Waals surface area (Å²) in [6.07, 6.45) is 0.660. The van der Waals surface area contributed by atoms with Gasteiger partial charge >= 0.3 is 6.18 Å². The Morgan fingerprint density at radius 1 is 1.22 bits per heavy atom. The van der Waals surface area contributed by atoms with E-state index < -0.39 is 12.7 Å². The average Bonchev–Trinajstić information content (AvgIpc) is 2.52. The molecule has 0 fully saturated rings. The topological polar surface area (TPSA) is 60.0 Å². The van der Waals surface area contributed by atoms with E-state index in [0.29, 0.717) is 19.5 Å². The SMILES string of the molecule is C/C(=C\N=C/CC(=O)NCCCN(C)C)NC(C)CCN(C)CC(F)(F)F. The number of rotatable bonds is 13. The molecule has 0 bridgehead atoms. The number of hydrogen-bond donors (Lipinski definition) is 2. The summed E-state index contributed by atoms with van der Waals surface area (Å²) in [5, 5.41) is 6.00. The fraction of sp³-hybridized carbons (Fsp3) is 0.778. The molecule has 0 saturated carbocycles. The van der Waals surface area contributed by atoms with Gasteiger partial charge in [0.25, 0.3) is 0 Å². The summed E-state index contributed by atoms with van der Waals surface area (Å²) in [6.45, 7) is 4.74. The maximum Gasteiger partial charge on any atom is 0.401 e. The van der Waals surface area contributed by atoms with Gasteiger partial charge in [-0.05, 0) is 54.4 Å². The normalized spacial score (nSPS) is 14.2. The zero-order valence-corrected chi connectivity index (χ0v) is 17.1. The van der Waals surface area contributed by atoms with Crippen molar-refractivity contribution in [2.75, 3.05) is 47.3 Å². The van der Waals surface area contributed by atoms with Gasteiger partial charge in [-0.2, -0.15) is 13.2 Å². The summed E-state index contributed by atoms with van der Waals surface area (Å²) < 4.78 is 36.8. The highest BCUT2D eigenvalue weighted by atomic mass is 19.4. The zero-order valence-electron chi connectivity index (χ0n) is 17.1. The minimum Gasteiger partial charge on any atom is -0.385 e. The number of halogens is 3. The molecule has 0 spiro atoms. The van der Waals surface area contributed by atoms with Crippen molar-refractivity contribution in [3.05, 3.63) is 11.9 Å². The number of nitrogens with one attached hydrogen (secondary N) is 2. The molecule has 0 aromatic heterocycles. The molecule has 0 saturated heterocycles. The van der Waals surface area contributed by atoms with Crippen molar-refractivity contribution in [2.24, 2.45) is 4.99 Å². The van der Waals surface area contributed by atoms with E-state index in [2.05, 4.69) is 20.5 Å². The number of amides is 1.